The Bertz CT molecular complexity index is 401. The Morgan fingerprint density at radius 3 is 2.75 bits per heavy atom. The molecule has 1 aromatic carbocycles. The molecule has 0 bridgehead atoms. The number of fused-ring (bicyclic) bond motifs is 1. The fourth-order valence-electron chi connectivity index (χ4n) is 1.62. The topological polar surface area (TPSA) is 44.5 Å². The highest BCUT2D eigenvalue weighted by molar-refractivity contribution is 5.85. The summed E-state index contributed by atoms with van der Waals surface area (Å²) in [7, 11) is 1.28. The van der Waals surface area contributed by atoms with Gasteiger partial charge in [-0.25, -0.2) is 0 Å². The van der Waals surface area contributed by atoms with Crippen LogP contribution in [0.2, 0.25) is 0 Å². The Morgan fingerprint density at radius 2 is 2.12 bits per heavy atom. The molecule has 0 aromatic heterocycles. The minimum absolute atomic E-state index is 0. The van der Waals surface area contributed by atoms with Gasteiger partial charge in [-0.2, -0.15) is 8.78 Å². The molecule has 1 aromatic rings. The number of methoxy groups -OCH3 is 1. The van der Waals surface area contributed by atoms with E-state index in [1.165, 1.54) is 13.2 Å². The highest BCUT2D eigenvalue weighted by atomic mass is 35.5. The smallest absolute Gasteiger partial charge is 0.204 e. The molecule has 0 aliphatic carbocycles. The summed E-state index contributed by atoms with van der Waals surface area (Å²) < 4.78 is 36.5. The van der Waals surface area contributed by atoms with Crippen LogP contribution in [0.1, 0.15) is 18.0 Å². The van der Waals surface area contributed by atoms with E-state index in [-0.39, 0.29) is 29.9 Å². The van der Waals surface area contributed by atoms with E-state index >= 15 is 0 Å². The van der Waals surface area contributed by atoms with Gasteiger partial charge in [0, 0.05) is 18.0 Å². The number of benzene rings is 1. The summed E-state index contributed by atoms with van der Waals surface area (Å²) >= 11 is 0. The molecule has 16 heavy (non-hydrogen) atoms. The molecule has 0 spiro atoms. The van der Waals surface area contributed by atoms with Gasteiger partial charge in [-0.05, 0) is 6.07 Å². The van der Waals surface area contributed by atoms with E-state index in [1.807, 2.05) is 0 Å². The van der Waals surface area contributed by atoms with E-state index in [4.69, 9.17) is 15.2 Å². The summed E-state index contributed by atoms with van der Waals surface area (Å²) in [5, 5.41) is 0. The predicted molar refractivity (Wildman–Crippen MR) is 57.2 cm³/mol. The summed E-state index contributed by atoms with van der Waals surface area (Å²) in [5.74, 6) is -2.30. The maximum atomic E-state index is 13.5. The first-order chi connectivity index (χ1) is 7.15. The van der Waals surface area contributed by atoms with Crippen molar-refractivity contribution in [3.63, 3.8) is 0 Å². The third-order valence-electron chi connectivity index (χ3n) is 2.45. The normalized spacial score (nSPS) is 18.1. The molecule has 6 heteroatoms. The van der Waals surface area contributed by atoms with Crippen LogP contribution in [0, 0.1) is 11.6 Å². The van der Waals surface area contributed by atoms with Gasteiger partial charge in [0.2, 0.25) is 11.6 Å². The molecule has 2 rings (SSSR count). The molecule has 0 amide bonds. The van der Waals surface area contributed by atoms with Crippen molar-refractivity contribution in [2.24, 2.45) is 5.73 Å². The lowest BCUT2D eigenvalue weighted by atomic mass is 10.0. The van der Waals surface area contributed by atoms with Crippen molar-refractivity contribution in [1.82, 2.24) is 0 Å². The van der Waals surface area contributed by atoms with Crippen molar-refractivity contribution in [1.29, 1.82) is 0 Å². The van der Waals surface area contributed by atoms with Gasteiger partial charge in [-0.1, -0.05) is 0 Å². The van der Waals surface area contributed by atoms with Crippen LogP contribution < -0.4 is 15.2 Å². The first kappa shape index (κ1) is 13.0. The zero-order valence-electron chi connectivity index (χ0n) is 8.63. The lowest BCUT2D eigenvalue weighted by molar-refractivity contribution is 0.247. The predicted octanol–water partition coefficient (Wildman–Crippen LogP) is 2.18. The summed E-state index contributed by atoms with van der Waals surface area (Å²) in [6, 6.07) is 1.05. The standard InChI is InChI=1S/C10H11F2NO2.ClH/c1-14-7-4-5-6(13)2-3-15-10(5)9(12)8(7)11;/h4,6H,2-3,13H2,1H3;1H/t6-;/m1./s1. The summed E-state index contributed by atoms with van der Waals surface area (Å²) in [5.41, 5.74) is 6.22. The van der Waals surface area contributed by atoms with Crippen LogP contribution in [0.15, 0.2) is 6.07 Å². The van der Waals surface area contributed by atoms with Gasteiger partial charge < -0.3 is 15.2 Å². The number of rotatable bonds is 1. The third kappa shape index (κ3) is 1.92. The van der Waals surface area contributed by atoms with E-state index < -0.39 is 11.6 Å². The van der Waals surface area contributed by atoms with Crippen molar-refractivity contribution >= 4 is 12.4 Å². The highest BCUT2D eigenvalue weighted by Crippen LogP contribution is 2.38. The summed E-state index contributed by atoms with van der Waals surface area (Å²) in [6.45, 7) is 0.302. The van der Waals surface area contributed by atoms with E-state index in [0.717, 1.165) is 0 Å². The second-order valence-corrected chi connectivity index (χ2v) is 3.37. The van der Waals surface area contributed by atoms with Crippen molar-refractivity contribution < 1.29 is 18.3 Å². The van der Waals surface area contributed by atoms with E-state index in [1.54, 1.807) is 0 Å². The molecule has 0 saturated carbocycles. The largest absolute Gasteiger partial charge is 0.494 e. The molecule has 1 heterocycles. The summed E-state index contributed by atoms with van der Waals surface area (Å²) in [4.78, 5) is 0. The second-order valence-electron chi connectivity index (χ2n) is 3.37. The fourth-order valence-corrected chi connectivity index (χ4v) is 1.62. The molecule has 0 radical (unpaired) electrons. The van der Waals surface area contributed by atoms with E-state index in [2.05, 4.69) is 0 Å². The van der Waals surface area contributed by atoms with E-state index in [9.17, 15) is 8.78 Å². The maximum Gasteiger partial charge on any atom is 0.204 e. The maximum absolute atomic E-state index is 13.5. The van der Waals surface area contributed by atoms with Gasteiger partial charge in [0.05, 0.1) is 13.7 Å². The van der Waals surface area contributed by atoms with Gasteiger partial charge in [0.15, 0.2) is 11.5 Å². The Kier molecular flexibility index (Phi) is 3.93. The third-order valence-corrected chi connectivity index (χ3v) is 2.45. The quantitative estimate of drug-likeness (QED) is 0.832. The molecule has 0 fully saturated rings. The Morgan fingerprint density at radius 1 is 1.44 bits per heavy atom. The van der Waals surface area contributed by atoms with Crippen LogP contribution in [-0.4, -0.2) is 13.7 Å². The number of hydrogen-bond donors (Lipinski definition) is 1. The molecule has 1 aliphatic heterocycles. The Hall–Kier alpha value is -1.07. The molecule has 1 atom stereocenters. The van der Waals surface area contributed by atoms with Crippen LogP contribution in [0.5, 0.6) is 11.5 Å². The van der Waals surface area contributed by atoms with Crippen LogP contribution in [0.4, 0.5) is 8.78 Å². The highest BCUT2D eigenvalue weighted by Gasteiger charge is 2.26. The molecular formula is C10H12ClF2NO2. The Balaban J connectivity index is 0.00000128. The lowest BCUT2D eigenvalue weighted by Crippen LogP contribution is -2.22. The number of hydrogen-bond acceptors (Lipinski definition) is 3. The van der Waals surface area contributed by atoms with Crippen molar-refractivity contribution in [3.05, 3.63) is 23.3 Å². The molecule has 3 nitrogen and oxygen atoms in total. The molecule has 1 aliphatic rings. The first-order valence-corrected chi connectivity index (χ1v) is 4.59. The molecule has 2 N–H and O–H groups in total. The van der Waals surface area contributed by atoms with Crippen LogP contribution in [-0.2, 0) is 0 Å². The van der Waals surface area contributed by atoms with Crippen molar-refractivity contribution in [2.75, 3.05) is 13.7 Å². The zero-order valence-corrected chi connectivity index (χ0v) is 9.44. The van der Waals surface area contributed by atoms with Crippen molar-refractivity contribution in [3.8, 4) is 11.5 Å². The second kappa shape index (κ2) is 4.84. The minimum atomic E-state index is -1.04. The Labute approximate surface area is 97.9 Å². The zero-order chi connectivity index (χ0) is 11.0. The molecule has 0 saturated heterocycles. The van der Waals surface area contributed by atoms with Crippen LogP contribution in [0.3, 0.4) is 0 Å². The SMILES string of the molecule is COc1cc2c(c(F)c1F)OCC[C@H]2N.Cl. The lowest BCUT2D eigenvalue weighted by Gasteiger charge is -2.24. The van der Waals surface area contributed by atoms with Gasteiger partial charge in [0.25, 0.3) is 0 Å². The van der Waals surface area contributed by atoms with Crippen LogP contribution in [0.25, 0.3) is 0 Å². The van der Waals surface area contributed by atoms with Gasteiger partial charge in [0.1, 0.15) is 0 Å². The van der Waals surface area contributed by atoms with Gasteiger partial charge in [-0.3, -0.25) is 0 Å². The van der Waals surface area contributed by atoms with Gasteiger partial charge >= 0.3 is 0 Å². The van der Waals surface area contributed by atoms with E-state index in [0.29, 0.717) is 18.6 Å². The first-order valence-electron chi connectivity index (χ1n) is 4.59. The average Bonchev–Trinajstić information content (AvgIpc) is 2.24. The van der Waals surface area contributed by atoms with Gasteiger partial charge in [-0.15, -0.1) is 12.4 Å². The summed E-state index contributed by atoms with van der Waals surface area (Å²) in [6.07, 6.45) is 0.585. The van der Waals surface area contributed by atoms with Crippen molar-refractivity contribution in [2.45, 2.75) is 12.5 Å². The monoisotopic (exact) mass is 251 g/mol. The average molecular weight is 252 g/mol. The fraction of sp³-hybridized carbons (Fsp3) is 0.400. The molecular weight excluding hydrogens is 240 g/mol. The molecule has 0 unspecified atom stereocenters. The molecule has 90 valence electrons. The minimum Gasteiger partial charge on any atom is -0.494 e. The number of halogens is 3. The number of ether oxygens (including phenoxy) is 2. The van der Waals surface area contributed by atoms with Crippen LogP contribution >= 0.6 is 12.4 Å². The number of nitrogens with two attached hydrogens (primary N) is 1.